The van der Waals surface area contributed by atoms with Gasteiger partial charge < -0.3 is 4.90 Å². The largest absolute Gasteiger partial charge is 0.416 e. The van der Waals surface area contributed by atoms with E-state index < -0.39 is 11.7 Å². The van der Waals surface area contributed by atoms with E-state index in [9.17, 15) is 18.0 Å². The lowest BCUT2D eigenvalue weighted by Gasteiger charge is -2.39. The molecule has 12 heteroatoms. The highest BCUT2D eigenvalue weighted by atomic mass is 19.4. The molecule has 1 aliphatic rings. The highest BCUT2D eigenvalue weighted by Crippen LogP contribution is 2.31. The SMILES string of the molecule is Cc1nnn(Cc2cc(C(F)(F)F)ccc2C=CC(=O)N2CCN(Cc3cnn(C)c3)CC2C)n1. The van der Waals surface area contributed by atoms with Gasteiger partial charge in [0, 0.05) is 57.1 Å². The summed E-state index contributed by atoms with van der Waals surface area (Å²) in [6.07, 6.45) is 2.30. The molecule has 3 aromatic rings. The number of carbonyl (C=O) groups excluding carboxylic acids is 1. The third-order valence-electron chi connectivity index (χ3n) is 5.90. The third-order valence-corrected chi connectivity index (χ3v) is 5.90. The monoisotopic (exact) mass is 488 g/mol. The summed E-state index contributed by atoms with van der Waals surface area (Å²) in [5.74, 6) is 0.236. The van der Waals surface area contributed by atoms with E-state index >= 15 is 0 Å². The van der Waals surface area contributed by atoms with Gasteiger partial charge in [0.05, 0.1) is 18.3 Å². The standard InChI is InChI=1S/C23H27F3N8O/c1-16-12-32(14-18-11-27-31(3)13-18)8-9-33(16)22(35)7-5-19-4-6-21(23(24,25)26)10-20(19)15-34-29-17(2)28-30-34/h4-7,10-11,13,16H,8-9,12,14-15H2,1-3H3. The van der Waals surface area contributed by atoms with Gasteiger partial charge in [-0.3, -0.25) is 14.4 Å². The third kappa shape index (κ3) is 6.13. The van der Waals surface area contributed by atoms with Crippen molar-refractivity contribution in [2.75, 3.05) is 19.6 Å². The number of carbonyl (C=O) groups is 1. The highest BCUT2D eigenvalue weighted by molar-refractivity contribution is 5.92. The molecule has 0 radical (unpaired) electrons. The molecular weight excluding hydrogens is 461 g/mol. The lowest BCUT2D eigenvalue weighted by atomic mass is 10.0. The van der Waals surface area contributed by atoms with Gasteiger partial charge in [0.1, 0.15) is 0 Å². The van der Waals surface area contributed by atoms with Gasteiger partial charge in [-0.25, -0.2) is 0 Å². The predicted molar refractivity (Wildman–Crippen MR) is 122 cm³/mol. The van der Waals surface area contributed by atoms with Crippen LogP contribution in [0.25, 0.3) is 6.08 Å². The number of hydrogen-bond acceptors (Lipinski definition) is 6. The van der Waals surface area contributed by atoms with Crippen LogP contribution in [0.3, 0.4) is 0 Å². The number of hydrogen-bond donors (Lipinski definition) is 0. The number of aromatic nitrogens is 6. The van der Waals surface area contributed by atoms with Gasteiger partial charge >= 0.3 is 6.18 Å². The van der Waals surface area contributed by atoms with Crippen LogP contribution >= 0.6 is 0 Å². The fourth-order valence-electron chi connectivity index (χ4n) is 4.20. The Labute approximate surface area is 200 Å². The molecule has 1 unspecified atom stereocenters. The highest BCUT2D eigenvalue weighted by Gasteiger charge is 2.31. The quantitative estimate of drug-likeness (QED) is 0.496. The maximum Gasteiger partial charge on any atom is 0.416 e. The van der Waals surface area contributed by atoms with E-state index in [4.69, 9.17) is 0 Å². The minimum absolute atomic E-state index is 0.00203. The predicted octanol–water partition coefficient (Wildman–Crippen LogP) is 2.53. The fraction of sp³-hybridized carbons (Fsp3) is 0.435. The molecule has 35 heavy (non-hydrogen) atoms. The van der Waals surface area contributed by atoms with E-state index in [1.807, 2.05) is 26.4 Å². The van der Waals surface area contributed by atoms with Crippen molar-refractivity contribution in [3.8, 4) is 0 Å². The summed E-state index contributed by atoms with van der Waals surface area (Å²) in [4.78, 5) is 18.2. The Bertz CT molecular complexity index is 1220. The number of aryl methyl sites for hydroxylation is 2. The Balaban J connectivity index is 1.46. The summed E-state index contributed by atoms with van der Waals surface area (Å²) in [7, 11) is 1.88. The topological polar surface area (TPSA) is 85.0 Å². The molecule has 0 saturated carbocycles. The molecule has 1 aliphatic heterocycles. The van der Waals surface area contributed by atoms with Crippen molar-refractivity contribution in [2.45, 2.75) is 39.2 Å². The molecule has 0 N–H and O–H groups in total. The fourth-order valence-corrected chi connectivity index (χ4v) is 4.20. The lowest BCUT2D eigenvalue weighted by Crippen LogP contribution is -2.53. The second-order valence-corrected chi connectivity index (χ2v) is 8.75. The summed E-state index contributed by atoms with van der Waals surface area (Å²) >= 11 is 0. The molecule has 0 spiro atoms. The Morgan fingerprint density at radius 2 is 2.03 bits per heavy atom. The van der Waals surface area contributed by atoms with Crippen LogP contribution in [0.2, 0.25) is 0 Å². The Morgan fingerprint density at radius 3 is 2.66 bits per heavy atom. The van der Waals surface area contributed by atoms with E-state index in [-0.39, 0.29) is 18.5 Å². The van der Waals surface area contributed by atoms with Crippen LogP contribution in [0.15, 0.2) is 36.7 Å². The summed E-state index contributed by atoms with van der Waals surface area (Å²) in [5.41, 5.74) is 1.18. The number of amides is 1. The summed E-state index contributed by atoms with van der Waals surface area (Å²) in [6, 6.07) is 3.42. The molecule has 1 aromatic carbocycles. The number of tetrazole rings is 1. The second-order valence-electron chi connectivity index (χ2n) is 8.75. The number of alkyl halides is 3. The van der Waals surface area contributed by atoms with Crippen LogP contribution in [0.5, 0.6) is 0 Å². The first kappa shape index (κ1) is 24.6. The first-order valence-electron chi connectivity index (χ1n) is 11.2. The molecule has 186 valence electrons. The Morgan fingerprint density at radius 1 is 1.23 bits per heavy atom. The van der Waals surface area contributed by atoms with Crippen molar-refractivity contribution in [3.63, 3.8) is 0 Å². The number of halogens is 3. The van der Waals surface area contributed by atoms with Crippen molar-refractivity contribution >= 4 is 12.0 Å². The molecule has 1 saturated heterocycles. The van der Waals surface area contributed by atoms with Gasteiger partial charge in [0.25, 0.3) is 0 Å². The summed E-state index contributed by atoms with van der Waals surface area (Å²) in [6.45, 7) is 6.41. The zero-order chi connectivity index (χ0) is 25.2. The van der Waals surface area contributed by atoms with Crippen molar-refractivity contribution in [3.05, 3.63) is 64.7 Å². The van der Waals surface area contributed by atoms with Crippen LogP contribution in [0.1, 0.15) is 35.0 Å². The maximum absolute atomic E-state index is 13.3. The number of piperazine rings is 1. The molecule has 2 aromatic heterocycles. The van der Waals surface area contributed by atoms with Crippen LogP contribution in [-0.4, -0.2) is 71.4 Å². The molecule has 0 bridgehead atoms. The van der Waals surface area contributed by atoms with E-state index in [1.165, 1.54) is 16.9 Å². The Kier molecular flexibility index (Phi) is 7.01. The molecule has 1 amide bonds. The van der Waals surface area contributed by atoms with Crippen LogP contribution in [-0.2, 0) is 31.1 Å². The smallest absolute Gasteiger partial charge is 0.334 e. The maximum atomic E-state index is 13.3. The first-order valence-corrected chi connectivity index (χ1v) is 11.2. The van der Waals surface area contributed by atoms with Gasteiger partial charge in [0.15, 0.2) is 5.82 Å². The van der Waals surface area contributed by atoms with Gasteiger partial charge in [0.2, 0.25) is 5.91 Å². The first-order chi connectivity index (χ1) is 16.6. The van der Waals surface area contributed by atoms with Crippen LogP contribution in [0, 0.1) is 6.92 Å². The van der Waals surface area contributed by atoms with Crippen molar-refractivity contribution in [2.24, 2.45) is 7.05 Å². The number of rotatable bonds is 6. The van der Waals surface area contributed by atoms with Gasteiger partial charge in [-0.05, 0) is 48.4 Å². The van der Waals surface area contributed by atoms with Gasteiger partial charge in [-0.2, -0.15) is 23.1 Å². The Hall–Kier alpha value is -3.54. The molecule has 1 fully saturated rings. The zero-order valence-electron chi connectivity index (χ0n) is 19.8. The molecule has 3 heterocycles. The van der Waals surface area contributed by atoms with Crippen LogP contribution < -0.4 is 0 Å². The molecule has 4 rings (SSSR count). The van der Waals surface area contributed by atoms with E-state index in [0.29, 0.717) is 23.5 Å². The van der Waals surface area contributed by atoms with Gasteiger partial charge in [-0.15, -0.1) is 10.2 Å². The normalized spacial score (nSPS) is 17.4. The van der Waals surface area contributed by atoms with E-state index in [2.05, 4.69) is 25.4 Å². The second kappa shape index (κ2) is 9.98. The van der Waals surface area contributed by atoms with E-state index in [0.717, 1.165) is 37.3 Å². The van der Waals surface area contributed by atoms with Gasteiger partial charge in [-0.1, -0.05) is 6.07 Å². The molecule has 0 aliphatic carbocycles. The number of benzene rings is 1. The average molecular weight is 489 g/mol. The zero-order valence-corrected chi connectivity index (χ0v) is 19.8. The minimum Gasteiger partial charge on any atom is -0.334 e. The van der Waals surface area contributed by atoms with Crippen molar-refractivity contribution in [1.82, 2.24) is 39.8 Å². The van der Waals surface area contributed by atoms with Crippen molar-refractivity contribution in [1.29, 1.82) is 0 Å². The summed E-state index contributed by atoms with van der Waals surface area (Å²) in [5, 5.41) is 15.9. The molecule has 9 nitrogen and oxygen atoms in total. The minimum atomic E-state index is -4.48. The van der Waals surface area contributed by atoms with Crippen LogP contribution in [0.4, 0.5) is 13.2 Å². The molecule has 1 atom stereocenters. The number of nitrogens with zero attached hydrogens (tertiary/aromatic N) is 8. The molecular formula is C23H27F3N8O. The lowest BCUT2D eigenvalue weighted by molar-refractivity contribution is -0.137. The average Bonchev–Trinajstić information content (AvgIpc) is 3.39. The summed E-state index contributed by atoms with van der Waals surface area (Å²) < 4.78 is 41.6. The van der Waals surface area contributed by atoms with E-state index in [1.54, 1.807) is 22.6 Å². The van der Waals surface area contributed by atoms with Crippen molar-refractivity contribution < 1.29 is 18.0 Å².